The van der Waals surface area contributed by atoms with E-state index in [2.05, 4.69) is 52.4 Å². The molecule has 0 saturated carbocycles. The summed E-state index contributed by atoms with van der Waals surface area (Å²) in [6, 6.07) is 14.5. The second kappa shape index (κ2) is 6.37. The molecular formula is C15H15BrClN. The number of halogens is 2. The van der Waals surface area contributed by atoms with Gasteiger partial charge in [-0.3, -0.25) is 0 Å². The molecule has 18 heavy (non-hydrogen) atoms. The van der Waals surface area contributed by atoms with Crippen LogP contribution in [0.15, 0.2) is 46.9 Å². The van der Waals surface area contributed by atoms with Crippen LogP contribution in [-0.4, -0.2) is 0 Å². The fourth-order valence-corrected chi connectivity index (χ4v) is 2.57. The Morgan fingerprint density at radius 2 is 1.94 bits per heavy atom. The van der Waals surface area contributed by atoms with Gasteiger partial charge in [0.1, 0.15) is 0 Å². The van der Waals surface area contributed by atoms with Crippen LogP contribution in [0.5, 0.6) is 0 Å². The minimum absolute atomic E-state index is 0.778. The molecule has 0 saturated heterocycles. The molecule has 2 aromatic rings. The van der Waals surface area contributed by atoms with Crippen LogP contribution in [0, 0.1) is 6.92 Å². The standard InChI is InChI=1S/C15H15BrClN/c1-11-3-2-4-12(7-11)9-18-10-13-5-6-14(16)8-15(13)17/h2-8,18H,9-10H2,1H3. The molecule has 0 atom stereocenters. The van der Waals surface area contributed by atoms with Crippen LogP contribution in [0.25, 0.3) is 0 Å². The molecule has 0 radical (unpaired) electrons. The molecule has 0 aromatic heterocycles. The quantitative estimate of drug-likeness (QED) is 0.859. The van der Waals surface area contributed by atoms with Crippen molar-refractivity contribution in [1.82, 2.24) is 5.32 Å². The van der Waals surface area contributed by atoms with Crippen LogP contribution in [-0.2, 0) is 13.1 Å². The number of nitrogens with one attached hydrogen (secondary N) is 1. The monoisotopic (exact) mass is 323 g/mol. The molecule has 1 nitrogen and oxygen atoms in total. The molecule has 0 heterocycles. The van der Waals surface area contributed by atoms with Crippen molar-refractivity contribution >= 4 is 27.5 Å². The molecule has 0 spiro atoms. The summed E-state index contributed by atoms with van der Waals surface area (Å²) < 4.78 is 1.01. The largest absolute Gasteiger partial charge is 0.309 e. The van der Waals surface area contributed by atoms with Gasteiger partial charge in [0, 0.05) is 22.6 Å². The molecule has 0 aliphatic rings. The maximum atomic E-state index is 6.17. The Morgan fingerprint density at radius 1 is 1.11 bits per heavy atom. The average molecular weight is 325 g/mol. The first-order valence-corrected chi connectivity index (χ1v) is 7.02. The summed E-state index contributed by atoms with van der Waals surface area (Å²) in [5.74, 6) is 0. The third-order valence-electron chi connectivity index (χ3n) is 2.74. The molecular weight excluding hydrogens is 310 g/mol. The van der Waals surface area contributed by atoms with E-state index >= 15 is 0 Å². The fraction of sp³-hybridized carbons (Fsp3) is 0.200. The lowest BCUT2D eigenvalue weighted by molar-refractivity contribution is 0.693. The summed E-state index contributed by atoms with van der Waals surface area (Å²) in [6.45, 7) is 3.74. The summed E-state index contributed by atoms with van der Waals surface area (Å²) >= 11 is 9.57. The van der Waals surface area contributed by atoms with Gasteiger partial charge in [-0.1, -0.05) is 63.4 Å². The Labute approximate surface area is 121 Å². The summed E-state index contributed by atoms with van der Waals surface area (Å²) in [5, 5.41) is 4.20. The highest BCUT2D eigenvalue weighted by molar-refractivity contribution is 9.10. The van der Waals surface area contributed by atoms with E-state index in [1.165, 1.54) is 11.1 Å². The van der Waals surface area contributed by atoms with E-state index in [-0.39, 0.29) is 0 Å². The molecule has 0 unspecified atom stereocenters. The number of rotatable bonds is 4. The number of hydrogen-bond donors (Lipinski definition) is 1. The van der Waals surface area contributed by atoms with Crippen LogP contribution in [0.4, 0.5) is 0 Å². The Morgan fingerprint density at radius 3 is 2.67 bits per heavy atom. The van der Waals surface area contributed by atoms with Crippen molar-refractivity contribution in [3.63, 3.8) is 0 Å². The van der Waals surface area contributed by atoms with Gasteiger partial charge in [0.05, 0.1) is 0 Å². The van der Waals surface area contributed by atoms with Gasteiger partial charge < -0.3 is 5.32 Å². The van der Waals surface area contributed by atoms with E-state index in [0.717, 1.165) is 28.1 Å². The van der Waals surface area contributed by atoms with Crippen molar-refractivity contribution in [2.24, 2.45) is 0 Å². The smallest absolute Gasteiger partial charge is 0.0462 e. The van der Waals surface area contributed by atoms with Gasteiger partial charge >= 0.3 is 0 Å². The molecule has 1 N–H and O–H groups in total. The zero-order valence-electron chi connectivity index (χ0n) is 10.2. The highest BCUT2D eigenvalue weighted by atomic mass is 79.9. The number of hydrogen-bond acceptors (Lipinski definition) is 1. The third-order valence-corrected chi connectivity index (χ3v) is 3.59. The Hall–Kier alpha value is -0.830. The first-order chi connectivity index (χ1) is 8.65. The number of benzene rings is 2. The molecule has 0 amide bonds. The highest BCUT2D eigenvalue weighted by Gasteiger charge is 2.00. The molecule has 2 rings (SSSR count). The third kappa shape index (κ3) is 3.84. The van der Waals surface area contributed by atoms with Gasteiger partial charge in [-0.2, -0.15) is 0 Å². The van der Waals surface area contributed by atoms with Crippen molar-refractivity contribution in [2.45, 2.75) is 20.0 Å². The van der Waals surface area contributed by atoms with Crippen molar-refractivity contribution in [3.05, 3.63) is 68.7 Å². The van der Waals surface area contributed by atoms with Crippen molar-refractivity contribution in [2.75, 3.05) is 0 Å². The summed E-state index contributed by atoms with van der Waals surface area (Å²) in [5.41, 5.74) is 3.70. The summed E-state index contributed by atoms with van der Waals surface area (Å²) in [7, 11) is 0. The lowest BCUT2D eigenvalue weighted by Gasteiger charge is -2.08. The summed E-state index contributed by atoms with van der Waals surface area (Å²) in [6.07, 6.45) is 0. The average Bonchev–Trinajstić information content (AvgIpc) is 2.32. The second-order valence-corrected chi connectivity index (χ2v) is 5.65. The molecule has 0 aliphatic carbocycles. The van der Waals surface area contributed by atoms with Gasteiger partial charge in [-0.25, -0.2) is 0 Å². The Kier molecular flexibility index (Phi) is 4.81. The lowest BCUT2D eigenvalue weighted by atomic mass is 10.1. The van der Waals surface area contributed by atoms with Crippen molar-refractivity contribution in [1.29, 1.82) is 0 Å². The highest BCUT2D eigenvalue weighted by Crippen LogP contribution is 2.21. The van der Waals surface area contributed by atoms with Gasteiger partial charge in [0.2, 0.25) is 0 Å². The topological polar surface area (TPSA) is 12.0 Å². The normalized spacial score (nSPS) is 10.6. The van der Waals surface area contributed by atoms with Gasteiger partial charge in [-0.15, -0.1) is 0 Å². The fourth-order valence-electron chi connectivity index (χ4n) is 1.83. The Bertz CT molecular complexity index is 540. The van der Waals surface area contributed by atoms with Crippen LogP contribution >= 0.6 is 27.5 Å². The van der Waals surface area contributed by atoms with Crippen LogP contribution in [0.1, 0.15) is 16.7 Å². The molecule has 3 heteroatoms. The Balaban J connectivity index is 1.92. The maximum Gasteiger partial charge on any atom is 0.0462 e. The number of aryl methyl sites for hydroxylation is 1. The van der Waals surface area contributed by atoms with E-state index in [9.17, 15) is 0 Å². The van der Waals surface area contributed by atoms with Crippen molar-refractivity contribution in [3.8, 4) is 0 Å². The lowest BCUT2D eigenvalue weighted by Crippen LogP contribution is -2.13. The second-order valence-electron chi connectivity index (χ2n) is 4.33. The van der Waals surface area contributed by atoms with E-state index in [1.54, 1.807) is 0 Å². The van der Waals surface area contributed by atoms with E-state index in [4.69, 9.17) is 11.6 Å². The first kappa shape index (κ1) is 13.6. The van der Waals surface area contributed by atoms with E-state index in [0.29, 0.717) is 0 Å². The minimum Gasteiger partial charge on any atom is -0.309 e. The van der Waals surface area contributed by atoms with Gasteiger partial charge in [0.25, 0.3) is 0 Å². The molecule has 94 valence electrons. The van der Waals surface area contributed by atoms with Gasteiger partial charge in [0.15, 0.2) is 0 Å². The predicted octanol–water partition coefficient (Wildman–Crippen LogP) is 4.70. The van der Waals surface area contributed by atoms with Crippen LogP contribution in [0.3, 0.4) is 0 Å². The van der Waals surface area contributed by atoms with Gasteiger partial charge in [-0.05, 0) is 30.2 Å². The molecule has 2 aromatic carbocycles. The maximum absolute atomic E-state index is 6.17. The predicted molar refractivity (Wildman–Crippen MR) is 80.9 cm³/mol. The molecule has 0 fully saturated rings. The van der Waals surface area contributed by atoms with Crippen LogP contribution < -0.4 is 5.32 Å². The zero-order valence-corrected chi connectivity index (χ0v) is 12.6. The molecule has 0 bridgehead atoms. The summed E-state index contributed by atoms with van der Waals surface area (Å²) in [4.78, 5) is 0. The minimum atomic E-state index is 0.778. The molecule has 0 aliphatic heterocycles. The SMILES string of the molecule is Cc1cccc(CNCc2ccc(Br)cc2Cl)c1. The zero-order chi connectivity index (χ0) is 13.0. The van der Waals surface area contributed by atoms with E-state index in [1.807, 2.05) is 18.2 Å². The van der Waals surface area contributed by atoms with E-state index < -0.39 is 0 Å². The van der Waals surface area contributed by atoms with Crippen LogP contribution in [0.2, 0.25) is 5.02 Å². The van der Waals surface area contributed by atoms with Crippen molar-refractivity contribution < 1.29 is 0 Å². The first-order valence-electron chi connectivity index (χ1n) is 5.85.